The number of hydrogen-bond donors (Lipinski definition) is 1. The van der Waals surface area contributed by atoms with Crippen molar-refractivity contribution in [3.63, 3.8) is 0 Å². The molecule has 0 saturated carbocycles. The molecule has 0 bridgehead atoms. The smallest absolute Gasteiger partial charge is 0.264 e. The second-order valence-corrected chi connectivity index (χ2v) is 13.4. The summed E-state index contributed by atoms with van der Waals surface area (Å²) in [5.41, 5.74) is 3.05. The first-order valence-electron chi connectivity index (χ1n) is 13.8. The molecule has 0 spiro atoms. The number of sulfonamides is 1. The second kappa shape index (κ2) is 14.5. The van der Waals surface area contributed by atoms with Crippen molar-refractivity contribution in [2.45, 2.75) is 37.8 Å². The molecular weight excluding hydrogens is 641 g/mol. The van der Waals surface area contributed by atoms with Crippen molar-refractivity contribution in [1.29, 1.82) is 0 Å². The van der Waals surface area contributed by atoms with Crippen LogP contribution in [0.3, 0.4) is 0 Å². The van der Waals surface area contributed by atoms with Crippen molar-refractivity contribution >= 4 is 62.3 Å². The highest BCUT2D eigenvalue weighted by Gasteiger charge is 2.35. The van der Waals surface area contributed by atoms with Crippen LogP contribution in [0, 0.1) is 13.8 Å². The maximum Gasteiger partial charge on any atom is 0.264 e. The van der Waals surface area contributed by atoms with Crippen LogP contribution in [0.15, 0.2) is 95.9 Å². The molecule has 44 heavy (non-hydrogen) atoms. The molecule has 230 valence electrons. The molecular formula is C33H32Cl3N3O4S. The van der Waals surface area contributed by atoms with E-state index in [4.69, 9.17) is 34.8 Å². The molecule has 1 N–H and O–H groups in total. The maximum atomic E-state index is 14.4. The topological polar surface area (TPSA) is 86.8 Å². The SMILES string of the molecule is CNC(=O)[C@@H](Cc1ccccc1)N(Cc1ccc(Cl)c(Cl)c1)C(=O)CN(c1cccc(Cl)c1C)S(=O)(=O)c1ccc(C)cc1. The zero-order valence-electron chi connectivity index (χ0n) is 24.4. The molecule has 0 aliphatic heterocycles. The summed E-state index contributed by atoms with van der Waals surface area (Å²) in [6.07, 6.45) is 0.189. The maximum absolute atomic E-state index is 14.4. The molecule has 0 heterocycles. The number of carbonyl (C=O) groups is 2. The van der Waals surface area contributed by atoms with Gasteiger partial charge in [-0.25, -0.2) is 8.42 Å². The van der Waals surface area contributed by atoms with Crippen molar-refractivity contribution in [1.82, 2.24) is 10.2 Å². The number of hydrogen-bond acceptors (Lipinski definition) is 4. The third kappa shape index (κ3) is 7.74. The van der Waals surface area contributed by atoms with Crippen molar-refractivity contribution in [3.05, 3.63) is 128 Å². The predicted molar refractivity (Wildman–Crippen MR) is 177 cm³/mol. The molecule has 0 aliphatic carbocycles. The van der Waals surface area contributed by atoms with Crippen LogP contribution >= 0.6 is 34.8 Å². The van der Waals surface area contributed by atoms with Gasteiger partial charge in [0.1, 0.15) is 12.6 Å². The Bertz CT molecular complexity index is 1750. The fourth-order valence-corrected chi connectivity index (χ4v) is 6.73. The summed E-state index contributed by atoms with van der Waals surface area (Å²) >= 11 is 18.9. The number of nitrogens with zero attached hydrogens (tertiary/aromatic N) is 2. The Morgan fingerprint density at radius 3 is 2.11 bits per heavy atom. The van der Waals surface area contributed by atoms with Crippen LogP contribution in [0.2, 0.25) is 15.1 Å². The number of halogens is 3. The Morgan fingerprint density at radius 2 is 1.48 bits per heavy atom. The molecule has 11 heteroatoms. The van der Waals surface area contributed by atoms with Gasteiger partial charge in [-0.1, -0.05) is 95.0 Å². The molecule has 0 radical (unpaired) electrons. The lowest BCUT2D eigenvalue weighted by Gasteiger charge is -2.34. The first kappa shape index (κ1) is 33.3. The normalized spacial score (nSPS) is 12.0. The molecule has 4 aromatic rings. The van der Waals surface area contributed by atoms with E-state index in [0.29, 0.717) is 21.2 Å². The van der Waals surface area contributed by atoms with E-state index >= 15 is 0 Å². The van der Waals surface area contributed by atoms with Crippen LogP contribution in [0.1, 0.15) is 22.3 Å². The van der Waals surface area contributed by atoms with Crippen molar-refractivity contribution in [2.75, 3.05) is 17.9 Å². The number of carbonyl (C=O) groups excluding carboxylic acids is 2. The second-order valence-electron chi connectivity index (χ2n) is 10.3. The quantitative estimate of drug-likeness (QED) is 0.189. The van der Waals surface area contributed by atoms with Gasteiger partial charge in [0.15, 0.2) is 0 Å². The summed E-state index contributed by atoms with van der Waals surface area (Å²) in [5, 5.41) is 3.63. The highest BCUT2D eigenvalue weighted by molar-refractivity contribution is 7.92. The Labute approximate surface area is 273 Å². The van der Waals surface area contributed by atoms with Gasteiger partial charge in [0.2, 0.25) is 11.8 Å². The van der Waals surface area contributed by atoms with E-state index in [9.17, 15) is 18.0 Å². The predicted octanol–water partition coefficient (Wildman–Crippen LogP) is 6.85. The summed E-state index contributed by atoms with van der Waals surface area (Å²) < 4.78 is 29.4. The van der Waals surface area contributed by atoms with Gasteiger partial charge in [-0.3, -0.25) is 13.9 Å². The Morgan fingerprint density at radius 1 is 0.795 bits per heavy atom. The van der Waals surface area contributed by atoms with Gasteiger partial charge in [-0.05, 0) is 66.9 Å². The standard InChI is InChI=1S/C33H32Cl3N3O4S/c1-22-12-15-26(16-13-22)44(42,43)39(30-11-7-10-27(34)23(30)2)21-32(40)38(20-25-14-17-28(35)29(36)18-25)31(33(41)37-3)19-24-8-5-4-6-9-24/h4-18,31H,19-21H2,1-3H3,(H,37,41)/t31-/m1/s1. The van der Waals surface area contributed by atoms with Gasteiger partial charge in [-0.2, -0.15) is 0 Å². The minimum Gasteiger partial charge on any atom is -0.357 e. The van der Waals surface area contributed by atoms with E-state index in [1.807, 2.05) is 37.3 Å². The van der Waals surface area contributed by atoms with Crippen LogP contribution in [-0.4, -0.2) is 44.8 Å². The third-order valence-corrected chi connectivity index (χ3v) is 10.2. The number of anilines is 1. The van der Waals surface area contributed by atoms with Gasteiger partial charge < -0.3 is 10.2 Å². The number of likely N-dealkylation sites (N-methyl/N-ethyl adjacent to an activating group) is 1. The average Bonchev–Trinajstić information content (AvgIpc) is 3.01. The van der Waals surface area contributed by atoms with Crippen LogP contribution in [0.5, 0.6) is 0 Å². The molecule has 1 atom stereocenters. The van der Waals surface area contributed by atoms with E-state index in [0.717, 1.165) is 15.4 Å². The summed E-state index contributed by atoms with van der Waals surface area (Å²) in [6, 6.07) is 24.5. The van der Waals surface area contributed by atoms with Crippen LogP contribution in [-0.2, 0) is 32.6 Å². The summed E-state index contributed by atoms with van der Waals surface area (Å²) in [6.45, 7) is 2.91. The molecule has 0 saturated heterocycles. The van der Waals surface area contributed by atoms with E-state index < -0.39 is 34.4 Å². The largest absolute Gasteiger partial charge is 0.357 e. The van der Waals surface area contributed by atoms with Crippen LogP contribution in [0.25, 0.3) is 0 Å². The summed E-state index contributed by atoms with van der Waals surface area (Å²) in [4.78, 5) is 29.2. The van der Waals surface area contributed by atoms with E-state index in [2.05, 4.69) is 5.32 Å². The fraction of sp³-hybridized carbons (Fsp3) is 0.212. The molecule has 7 nitrogen and oxygen atoms in total. The monoisotopic (exact) mass is 671 g/mol. The highest BCUT2D eigenvalue weighted by Crippen LogP contribution is 2.32. The van der Waals surface area contributed by atoms with Crippen molar-refractivity contribution < 1.29 is 18.0 Å². The number of nitrogens with one attached hydrogen (secondary N) is 1. The van der Waals surface area contributed by atoms with Gasteiger partial charge in [-0.15, -0.1) is 0 Å². The highest BCUT2D eigenvalue weighted by atomic mass is 35.5. The zero-order valence-corrected chi connectivity index (χ0v) is 27.5. The number of amides is 2. The lowest BCUT2D eigenvalue weighted by molar-refractivity contribution is -0.139. The van der Waals surface area contributed by atoms with Crippen molar-refractivity contribution in [3.8, 4) is 0 Å². The lowest BCUT2D eigenvalue weighted by atomic mass is 10.0. The Balaban J connectivity index is 1.83. The molecule has 0 unspecified atom stereocenters. The van der Waals surface area contributed by atoms with E-state index in [1.165, 1.54) is 24.1 Å². The minimum absolute atomic E-state index is 0.0124. The molecule has 0 aliphatic rings. The summed E-state index contributed by atoms with van der Waals surface area (Å²) in [5.74, 6) is -1.01. The molecule has 4 rings (SSSR count). The fourth-order valence-electron chi connectivity index (χ4n) is 4.77. The first-order valence-corrected chi connectivity index (χ1v) is 16.3. The number of rotatable bonds is 11. The molecule has 4 aromatic carbocycles. The van der Waals surface area contributed by atoms with Crippen LogP contribution in [0.4, 0.5) is 5.69 Å². The van der Waals surface area contributed by atoms with Crippen LogP contribution < -0.4 is 9.62 Å². The average molecular weight is 673 g/mol. The number of aryl methyl sites for hydroxylation is 1. The zero-order chi connectivity index (χ0) is 32.0. The molecule has 0 aromatic heterocycles. The Hall–Kier alpha value is -3.56. The third-order valence-electron chi connectivity index (χ3n) is 7.25. The van der Waals surface area contributed by atoms with E-state index in [-0.39, 0.29) is 28.6 Å². The first-order chi connectivity index (χ1) is 20.9. The molecule has 2 amide bonds. The van der Waals surface area contributed by atoms with Gasteiger partial charge in [0, 0.05) is 25.0 Å². The van der Waals surface area contributed by atoms with Gasteiger partial charge >= 0.3 is 0 Å². The van der Waals surface area contributed by atoms with Gasteiger partial charge in [0.05, 0.1) is 20.6 Å². The summed E-state index contributed by atoms with van der Waals surface area (Å²) in [7, 11) is -2.75. The number of benzene rings is 4. The lowest BCUT2D eigenvalue weighted by Crippen LogP contribution is -2.53. The van der Waals surface area contributed by atoms with E-state index in [1.54, 1.807) is 55.5 Å². The molecule has 0 fully saturated rings. The minimum atomic E-state index is -4.25. The van der Waals surface area contributed by atoms with Gasteiger partial charge in [0.25, 0.3) is 10.0 Å². The van der Waals surface area contributed by atoms with Crippen molar-refractivity contribution in [2.24, 2.45) is 0 Å². The Kier molecular flexibility index (Phi) is 11.0.